The number of aryl methyl sites for hydroxylation is 1. The third kappa shape index (κ3) is 3.52. The normalized spacial score (nSPS) is 18.3. The smallest absolute Gasteiger partial charge is 0.260 e. The predicted molar refractivity (Wildman–Crippen MR) is 107 cm³/mol. The van der Waals surface area contributed by atoms with Crippen LogP contribution in [0.3, 0.4) is 0 Å². The van der Waals surface area contributed by atoms with E-state index in [9.17, 15) is 8.78 Å². The van der Waals surface area contributed by atoms with Crippen molar-refractivity contribution >= 4 is 5.82 Å². The lowest BCUT2D eigenvalue weighted by Gasteiger charge is -2.32. The van der Waals surface area contributed by atoms with Gasteiger partial charge in [0.05, 0.1) is 26.0 Å². The van der Waals surface area contributed by atoms with E-state index in [1.54, 1.807) is 26.4 Å². The maximum atomic E-state index is 13.9. The minimum atomic E-state index is -2.53. The van der Waals surface area contributed by atoms with Gasteiger partial charge in [0.15, 0.2) is 11.5 Å². The SMILES string of the molecule is COc1ccc(C2CC(C(F)F)n3nc(-c4cc[c]cc4C)cc3N2)cc1OC. The zero-order chi connectivity index (χ0) is 20.5. The number of rotatable bonds is 5. The lowest BCUT2D eigenvalue weighted by Crippen LogP contribution is -2.30. The molecule has 1 aliphatic heterocycles. The van der Waals surface area contributed by atoms with Gasteiger partial charge in [-0.2, -0.15) is 5.10 Å². The molecule has 0 aliphatic carbocycles. The van der Waals surface area contributed by atoms with E-state index in [0.29, 0.717) is 23.0 Å². The second-order valence-electron chi connectivity index (χ2n) is 7.05. The molecule has 2 atom stereocenters. The fraction of sp³-hybridized carbons (Fsp3) is 0.318. The van der Waals surface area contributed by atoms with Crippen LogP contribution in [0.4, 0.5) is 14.6 Å². The lowest BCUT2D eigenvalue weighted by atomic mass is 9.97. The topological polar surface area (TPSA) is 48.3 Å². The summed E-state index contributed by atoms with van der Waals surface area (Å²) >= 11 is 0. The molecular formula is C22H22F2N3O2. The molecular weight excluding hydrogens is 376 g/mol. The number of anilines is 1. The van der Waals surface area contributed by atoms with Crippen LogP contribution < -0.4 is 14.8 Å². The Morgan fingerprint density at radius 3 is 2.66 bits per heavy atom. The highest BCUT2D eigenvalue weighted by atomic mass is 19.3. The van der Waals surface area contributed by atoms with E-state index in [1.807, 2.05) is 37.3 Å². The molecule has 0 bridgehead atoms. The van der Waals surface area contributed by atoms with Crippen molar-refractivity contribution in [1.82, 2.24) is 9.78 Å². The Hall–Kier alpha value is -3.09. The largest absolute Gasteiger partial charge is 0.493 e. The van der Waals surface area contributed by atoms with Gasteiger partial charge in [0.1, 0.15) is 11.9 Å². The summed E-state index contributed by atoms with van der Waals surface area (Å²) < 4.78 is 39.9. The number of nitrogens with zero attached hydrogens (tertiary/aromatic N) is 2. The molecule has 1 aromatic heterocycles. The number of hydrogen-bond donors (Lipinski definition) is 1. The van der Waals surface area contributed by atoms with Gasteiger partial charge < -0.3 is 14.8 Å². The first-order valence-corrected chi connectivity index (χ1v) is 9.35. The number of aromatic nitrogens is 2. The van der Waals surface area contributed by atoms with E-state index in [4.69, 9.17) is 9.47 Å². The molecule has 2 aromatic carbocycles. The van der Waals surface area contributed by atoms with Crippen molar-refractivity contribution in [2.24, 2.45) is 0 Å². The summed E-state index contributed by atoms with van der Waals surface area (Å²) in [4.78, 5) is 0. The molecule has 0 spiro atoms. The molecule has 3 aromatic rings. The number of methoxy groups -OCH3 is 2. The standard InChI is InChI=1S/C22H22F2N3O2/c1-13-6-4-5-7-15(13)17-12-21-25-16(11-18(22(23)24)27(21)26-17)14-8-9-19(28-2)20(10-14)29-3/h5-10,12,16,18,22,25H,11H2,1-3H3. The summed E-state index contributed by atoms with van der Waals surface area (Å²) in [5.74, 6) is 1.74. The fourth-order valence-electron chi connectivity index (χ4n) is 3.77. The Kier molecular flexibility index (Phi) is 5.13. The lowest BCUT2D eigenvalue weighted by molar-refractivity contribution is 0.0659. The van der Waals surface area contributed by atoms with Crippen LogP contribution in [-0.4, -0.2) is 30.4 Å². The van der Waals surface area contributed by atoms with E-state index in [1.165, 1.54) is 4.68 Å². The minimum Gasteiger partial charge on any atom is -0.493 e. The molecule has 0 fully saturated rings. The van der Waals surface area contributed by atoms with Crippen LogP contribution in [0.25, 0.3) is 11.3 Å². The Morgan fingerprint density at radius 2 is 1.97 bits per heavy atom. The molecule has 2 heterocycles. The predicted octanol–water partition coefficient (Wildman–Crippen LogP) is 5.04. The molecule has 4 rings (SSSR count). The van der Waals surface area contributed by atoms with Crippen LogP contribution in [-0.2, 0) is 0 Å². The first kappa shape index (κ1) is 19.2. The Bertz CT molecular complexity index is 1020. The minimum absolute atomic E-state index is 0.211. The highest BCUT2D eigenvalue weighted by Crippen LogP contribution is 2.41. The van der Waals surface area contributed by atoms with Crippen molar-refractivity contribution in [3.8, 4) is 22.8 Å². The molecule has 29 heavy (non-hydrogen) atoms. The molecule has 1 radical (unpaired) electrons. The summed E-state index contributed by atoms with van der Waals surface area (Å²) in [6.45, 7) is 1.95. The van der Waals surface area contributed by atoms with Gasteiger partial charge in [-0.1, -0.05) is 24.3 Å². The monoisotopic (exact) mass is 398 g/mol. The number of hydrogen-bond acceptors (Lipinski definition) is 4. The second-order valence-corrected chi connectivity index (χ2v) is 7.05. The Balaban J connectivity index is 1.72. The first-order valence-electron chi connectivity index (χ1n) is 9.35. The second kappa shape index (κ2) is 7.73. The average Bonchev–Trinajstić information content (AvgIpc) is 3.16. The average molecular weight is 398 g/mol. The van der Waals surface area contributed by atoms with E-state index in [2.05, 4.69) is 16.5 Å². The molecule has 5 nitrogen and oxygen atoms in total. The van der Waals surface area contributed by atoms with Crippen molar-refractivity contribution < 1.29 is 18.3 Å². The highest BCUT2D eigenvalue weighted by molar-refractivity contribution is 5.67. The fourth-order valence-corrected chi connectivity index (χ4v) is 3.77. The van der Waals surface area contributed by atoms with E-state index in [-0.39, 0.29) is 12.5 Å². The van der Waals surface area contributed by atoms with E-state index >= 15 is 0 Å². The highest BCUT2D eigenvalue weighted by Gasteiger charge is 2.35. The maximum Gasteiger partial charge on any atom is 0.260 e. The van der Waals surface area contributed by atoms with Crippen LogP contribution >= 0.6 is 0 Å². The maximum absolute atomic E-state index is 13.9. The third-order valence-corrected chi connectivity index (χ3v) is 5.30. The zero-order valence-electron chi connectivity index (χ0n) is 16.4. The van der Waals surface area contributed by atoms with Gasteiger partial charge in [0.25, 0.3) is 6.43 Å². The molecule has 151 valence electrons. The molecule has 1 aliphatic rings. The number of halogens is 2. The first-order chi connectivity index (χ1) is 14.0. The van der Waals surface area contributed by atoms with Gasteiger partial charge in [0, 0.05) is 11.6 Å². The van der Waals surface area contributed by atoms with Crippen LogP contribution in [0.2, 0.25) is 0 Å². The van der Waals surface area contributed by atoms with E-state index < -0.39 is 12.5 Å². The van der Waals surface area contributed by atoms with Crippen LogP contribution in [0, 0.1) is 13.0 Å². The third-order valence-electron chi connectivity index (χ3n) is 5.30. The number of fused-ring (bicyclic) bond motifs is 1. The van der Waals surface area contributed by atoms with Gasteiger partial charge in [0.2, 0.25) is 0 Å². The molecule has 0 amide bonds. The van der Waals surface area contributed by atoms with Crippen molar-refractivity contribution in [3.05, 3.63) is 59.7 Å². The quantitative estimate of drug-likeness (QED) is 0.654. The molecule has 2 unspecified atom stereocenters. The van der Waals surface area contributed by atoms with Gasteiger partial charge >= 0.3 is 0 Å². The number of ether oxygens (including phenoxy) is 2. The summed E-state index contributed by atoms with van der Waals surface area (Å²) in [7, 11) is 3.12. The van der Waals surface area contributed by atoms with Crippen molar-refractivity contribution in [1.29, 1.82) is 0 Å². The van der Waals surface area contributed by atoms with Gasteiger partial charge in [-0.25, -0.2) is 13.5 Å². The van der Waals surface area contributed by atoms with Crippen LogP contribution in [0.1, 0.15) is 29.6 Å². The molecule has 1 N–H and O–H groups in total. The van der Waals surface area contributed by atoms with Crippen molar-refractivity contribution in [2.75, 3.05) is 19.5 Å². The van der Waals surface area contributed by atoms with Gasteiger partial charge in [-0.05, 0) is 42.7 Å². The zero-order valence-corrected chi connectivity index (χ0v) is 16.4. The molecule has 0 saturated carbocycles. The summed E-state index contributed by atoms with van der Waals surface area (Å²) in [5.41, 5.74) is 3.42. The van der Waals surface area contributed by atoms with Crippen LogP contribution in [0.15, 0.2) is 42.5 Å². The van der Waals surface area contributed by atoms with Gasteiger partial charge in [-0.3, -0.25) is 0 Å². The summed E-state index contributed by atoms with van der Waals surface area (Å²) in [6, 6.07) is 14.6. The van der Waals surface area contributed by atoms with E-state index in [0.717, 1.165) is 16.7 Å². The van der Waals surface area contributed by atoms with Crippen LogP contribution in [0.5, 0.6) is 11.5 Å². The Labute approximate surface area is 168 Å². The molecule has 0 saturated heterocycles. The van der Waals surface area contributed by atoms with Crippen molar-refractivity contribution in [2.45, 2.75) is 31.9 Å². The van der Waals surface area contributed by atoms with Crippen molar-refractivity contribution in [3.63, 3.8) is 0 Å². The summed E-state index contributed by atoms with van der Waals surface area (Å²) in [6.07, 6.45) is -2.32. The Morgan fingerprint density at radius 1 is 1.17 bits per heavy atom. The summed E-state index contributed by atoms with van der Waals surface area (Å²) in [5, 5.41) is 7.85. The molecule has 7 heteroatoms. The number of alkyl halides is 2. The number of nitrogens with one attached hydrogen (secondary N) is 1. The van der Waals surface area contributed by atoms with Gasteiger partial charge in [-0.15, -0.1) is 0 Å². The number of benzene rings is 2.